The Bertz CT molecular complexity index is 999. The third kappa shape index (κ3) is 0.668. The molecule has 8 atom stereocenters. The Morgan fingerprint density at radius 1 is 0.909 bits per heavy atom. The Balaban J connectivity index is 1.57. The first-order valence-electron chi connectivity index (χ1n) is 8.19. The van der Waals surface area contributed by atoms with Gasteiger partial charge in [-0.25, -0.2) is 23.5 Å². The second-order valence-corrected chi connectivity index (χ2v) is 8.01. The molecular weight excluding hydrogens is 278 g/mol. The molecule has 8 rings (SSSR count). The molecule has 2 bridgehead atoms. The van der Waals surface area contributed by atoms with E-state index in [2.05, 4.69) is 6.92 Å². The zero-order valence-electron chi connectivity index (χ0n) is 12.1. The molecule has 0 radical (unpaired) electrons. The molecule has 2 aromatic rings. The van der Waals surface area contributed by atoms with Gasteiger partial charge in [0.15, 0.2) is 0 Å². The molecule has 4 fully saturated rings. The summed E-state index contributed by atoms with van der Waals surface area (Å²) in [4.78, 5) is 25.9. The van der Waals surface area contributed by atoms with Crippen LogP contribution in [0.2, 0.25) is 0 Å². The number of aromatic nitrogens is 3. The third-order valence-corrected chi connectivity index (χ3v) is 7.90. The van der Waals surface area contributed by atoms with Gasteiger partial charge in [0, 0.05) is 0 Å². The van der Waals surface area contributed by atoms with E-state index in [4.69, 9.17) is 0 Å². The molecule has 4 saturated carbocycles. The average molecular weight is 293 g/mol. The van der Waals surface area contributed by atoms with Crippen LogP contribution in [-0.2, 0) is 0 Å². The molecule has 0 spiro atoms. The summed E-state index contributed by atoms with van der Waals surface area (Å²) < 4.78 is 5.01. The Morgan fingerprint density at radius 3 is 2.36 bits per heavy atom. The summed E-state index contributed by atoms with van der Waals surface area (Å²) >= 11 is 0. The Morgan fingerprint density at radius 2 is 1.64 bits per heavy atom. The standard InChI is InChI=1S/C17H15N3O2/c1-17-11-9-8-10(11)14(17)20-16(22)18(7-5-3-2-4-6-7)15(21)19(20)13(8)12(9)17/h2-6,8-14H,1H3. The lowest BCUT2D eigenvalue weighted by atomic mass is 9.11. The minimum Gasteiger partial charge on any atom is -0.245 e. The van der Waals surface area contributed by atoms with Crippen molar-refractivity contribution >= 4 is 0 Å². The fraction of sp³-hybridized carbons (Fsp3) is 0.529. The van der Waals surface area contributed by atoms with Crippen molar-refractivity contribution in [3.05, 3.63) is 51.3 Å². The summed E-state index contributed by atoms with van der Waals surface area (Å²) in [5.74, 6) is 3.73. The van der Waals surface area contributed by atoms with E-state index in [0.29, 0.717) is 34.9 Å². The number of para-hydroxylation sites is 1. The monoisotopic (exact) mass is 293 g/mol. The third-order valence-electron chi connectivity index (χ3n) is 7.90. The van der Waals surface area contributed by atoms with E-state index in [9.17, 15) is 9.59 Å². The van der Waals surface area contributed by atoms with Crippen molar-refractivity contribution in [1.82, 2.24) is 13.9 Å². The zero-order valence-corrected chi connectivity index (χ0v) is 12.1. The highest BCUT2D eigenvalue weighted by atomic mass is 16.2. The van der Waals surface area contributed by atoms with Crippen LogP contribution in [0.4, 0.5) is 0 Å². The first-order valence-corrected chi connectivity index (χ1v) is 8.19. The maximum atomic E-state index is 13.0. The van der Waals surface area contributed by atoms with Gasteiger partial charge in [0.05, 0.1) is 17.8 Å². The van der Waals surface area contributed by atoms with Gasteiger partial charge in [-0.15, -0.1) is 0 Å². The van der Waals surface area contributed by atoms with Crippen molar-refractivity contribution in [2.45, 2.75) is 19.0 Å². The van der Waals surface area contributed by atoms with E-state index >= 15 is 0 Å². The molecule has 3 heterocycles. The van der Waals surface area contributed by atoms with Crippen molar-refractivity contribution < 1.29 is 0 Å². The molecule has 8 unspecified atom stereocenters. The lowest BCUT2D eigenvalue weighted by Gasteiger charge is -2.96. The molecule has 4 aliphatic carbocycles. The summed E-state index contributed by atoms with van der Waals surface area (Å²) in [6.45, 7) is 2.35. The molecule has 2 aliphatic heterocycles. The van der Waals surface area contributed by atoms with Crippen LogP contribution in [0.5, 0.6) is 0 Å². The first-order chi connectivity index (χ1) is 10.7. The molecule has 0 amide bonds. The number of hydrogen-bond donors (Lipinski definition) is 0. The summed E-state index contributed by atoms with van der Waals surface area (Å²) in [5.41, 5.74) is 0.707. The molecule has 0 saturated heterocycles. The molecule has 6 aliphatic rings. The highest BCUT2D eigenvalue weighted by Gasteiger charge is 2.95. The van der Waals surface area contributed by atoms with Crippen LogP contribution in [0.15, 0.2) is 39.9 Å². The summed E-state index contributed by atoms with van der Waals surface area (Å²) in [6.07, 6.45) is 0. The van der Waals surface area contributed by atoms with Crippen LogP contribution in [0.25, 0.3) is 5.69 Å². The molecule has 5 heteroatoms. The van der Waals surface area contributed by atoms with Crippen molar-refractivity contribution in [1.29, 1.82) is 0 Å². The predicted octanol–water partition coefficient (Wildman–Crippen LogP) is 1.04. The quantitative estimate of drug-likeness (QED) is 0.789. The molecule has 1 aromatic heterocycles. The van der Waals surface area contributed by atoms with Gasteiger partial charge in [-0.3, -0.25) is 0 Å². The van der Waals surface area contributed by atoms with Gasteiger partial charge in [-0.1, -0.05) is 25.1 Å². The summed E-state index contributed by atoms with van der Waals surface area (Å²) in [6, 6.07) is 9.89. The summed E-state index contributed by atoms with van der Waals surface area (Å²) in [5, 5.41) is 0. The fourth-order valence-electron chi connectivity index (χ4n) is 7.43. The smallest absolute Gasteiger partial charge is 0.245 e. The molecule has 1 aromatic carbocycles. The minimum absolute atomic E-state index is 0.138. The van der Waals surface area contributed by atoms with E-state index in [1.807, 2.05) is 39.7 Å². The van der Waals surface area contributed by atoms with Crippen LogP contribution in [0.3, 0.4) is 0 Å². The van der Waals surface area contributed by atoms with Gasteiger partial charge >= 0.3 is 11.4 Å². The minimum atomic E-state index is -0.141. The summed E-state index contributed by atoms with van der Waals surface area (Å²) in [7, 11) is 0. The maximum Gasteiger partial charge on any atom is 0.352 e. The normalized spacial score (nSPS) is 50.1. The van der Waals surface area contributed by atoms with Gasteiger partial charge in [0.1, 0.15) is 0 Å². The average Bonchev–Trinajstić information content (AvgIpc) is 2.72. The highest BCUT2D eigenvalue weighted by Crippen LogP contribution is 2.96. The Labute approximate surface area is 125 Å². The van der Waals surface area contributed by atoms with Crippen LogP contribution >= 0.6 is 0 Å². The fourth-order valence-corrected chi connectivity index (χ4v) is 7.43. The van der Waals surface area contributed by atoms with Crippen LogP contribution in [-0.4, -0.2) is 13.9 Å². The lowest BCUT2D eigenvalue weighted by molar-refractivity contribution is -0.496. The Hall–Kier alpha value is -2.04. The first kappa shape index (κ1) is 10.6. The van der Waals surface area contributed by atoms with Crippen molar-refractivity contribution in [2.75, 3.05) is 0 Å². The number of benzene rings is 1. The molecule has 110 valence electrons. The Kier molecular flexibility index (Phi) is 1.29. The van der Waals surface area contributed by atoms with Gasteiger partial charge in [0.2, 0.25) is 0 Å². The lowest BCUT2D eigenvalue weighted by Crippen LogP contribution is -2.95. The SMILES string of the molecule is CC12C3C4C5C3C1n1c(=O)n(-c3ccccc3)c(=O)n1C5C42. The molecule has 5 nitrogen and oxygen atoms in total. The van der Waals surface area contributed by atoms with Crippen LogP contribution in [0, 0.1) is 35.0 Å². The van der Waals surface area contributed by atoms with Crippen LogP contribution in [0.1, 0.15) is 19.0 Å². The van der Waals surface area contributed by atoms with E-state index in [1.165, 1.54) is 4.57 Å². The maximum absolute atomic E-state index is 13.0. The molecular formula is C17H15N3O2. The number of hydrogen-bond acceptors (Lipinski definition) is 2. The van der Waals surface area contributed by atoms with Gasteiger partial charge in [-0.2, -0.15) is 0 Å². The van der Waals surface area contributed by atoms with Crippen molar-refractivity contribution in [3.63, 3.8) is 0 Å². The second kappa shape index (κ2) is 2.66. The second-order valence-electron chi connectivity index (χ2n) is 8.01. The number of rotatable bonds is 1. The van der Waals surface area contributed by atoms with Gasteiger partial charge < -0.3 is 0 Å². The molecule has 22 heavy (non-hydrogen) atoms. The number of nitrogens with zero attached hydrogens (tertiary/aromatic N) is 3. The van der Waals surface area contributed by atoms with Gasteiger partial charge in [0.25, 0.3) is 0 Å². The van der Waals surface area contributed by atoms with Crippen molar-refractivity contribution in [3.8, 4) is 5.69 Å². The van der Waals surface area contributed by atoms with Crippen LogP contribution < -0.4 is 11.4 Å². The molecule has 0 N–H and O–H groups in total. The zero-order chi connectivity index (χ0) is 14.5. The topological polar surface area (TPSA) is 48.9 Å². The largest absolute Gasteiger partial charge is 0.352 e. The van der Waals surface area contributed by atoms with E-state index < -0.39 is 0 Å². The van der Waals surface area contributed by atoms with Gasteiger partial charge in [-0.05, 0) is 47.1 Å². The highest BCUT2D eigenvalue weighted by molar-refractivity contribution is 5.42. The van der Waals surface area contributed by atoms with E-state index in [1.54, 1.807) is 0 Å². The van der Waals surface area contributed by atoms with Crippen molar-refractivity contribution in [2.24, 2.45) is 35.0 Å². The van der Waals surface area contributed by atoms with E-state index in [-0.39, 0.29) is 17.4 Å². The van der Waals surface area contributed by atoms with E-state index in [0.717, 1.165) is 11.8 Å². The predicted molar refractivity (Wildman–Crippen MR) is 77.9 cm³/mol.